The lowest BCUT2D eigenvalue weighted by molar-refractivity contribution is -0.142. The molecule has 0 aliphatic heterocycles. The Kier molecular flexibility index (Phi) is 11.6. The van der Waals surface area contributed by atoms with Crippen molar-refractivity contribution in [2.75, 3.05) is 0 Å². The van der Waals surface area contributed by atoms with Crippen molar-refractivity contribution >= 4 is 23.7 Å². The molecule has 12 nitrogen and oxygen atoms in total. The molecule has 2 aromatic carbocycles. The fraction of sp³-hybridized carbons (Fsp3) is 0.367. The molecule has 1 aromatic heterocycles. The number of carboxylic acid groups (broad SMARTS) is 1. The molecular formula is C30H38N6O6. The lowest BCUT2D eigenvalue weighted by Gasteiger charge is -2.26. The van der Waals surface area contributed by atoms with Crippen LogP contribution in [-0.4, -0.2) is 68.0 Å². The monoisotopic (exact) mass is 578 g/mol. The number of carbonyl (C=O) groups is 4. The molecule has 8 N–H and O–H groups in total. The molecule has 4 atom stereocenters. The van der Waals surface area contributed by atoms with E-state index in [1.165, 1.54) is 18.5 Å². The van der Waals surface area contributed by atoms with E-state index in [1.54, 1.807) is 18.3 Å². The molecule has 0 aliphatic carbocycles. The number of aromatic hydroxyl groups is 1. The number of benzene rings is 2. The number of rotatable bonds is 15. The van der Waals surface area contributed by atoms with Gasteiger partial charge < -0.3 is 36.9 Å². The number of phenolic OH excluding ortho intramolecular Hbond substituents is 1. The quantitative estimate of drug-likeness (QED) is 0.139. The van der Waals surface area contributed by atoms with E-state index in [9.17, 15) is 29.4 Å². The van der Waals surface area contributed by atoms with Gasteiger partial charge >= 0.3 is 5.97 Å². The maximum atomic E-state index is 13.6. The molecule has 0 fully saturated rings. The molecule has 4 unspecified atom stereocenters. The number of H-pyrrole nitrogens is 1. The molecule has 3 amide bonds. The Morgan fingerprint density at radius 3 is 1.98 bits per heavy atom. The van der Waals surface area contributed by atoms with Crippen molar-refractivity contribution in [2.45, 2.75) is 63.7 Å². The SMILES string of the molecule is CC(C)CC(NC(=O)C(Cc1ccccc1)NC(=O)C(N)Cc1cnc[nH]1)C(=O)NC(Cc1ccc(O)cc1)C(=O)O. The summed E-state index contributed by atoms with van der Waals surface area (Å²) in [5, 5.41) is 27.2. The Morgan fingerprint density at radius 2 is 1.38 bits per heavy atom. The van der Waals surface area contributed by atoms with Crippen molar-refractivity contribution in [2.24, 2.45) is 11.7 Å². The van der Waals surface area contributed by atoms with Gasteiger partial charge in [-0.2, -0.15) is 0 Å². The summed E-state index contributed by atoms with van der Waals surface area (Å²) in [4.78, 5) is 58.6. The smallest absolute Gasteiger partial charge is 0.326 e. The number of carbonyl (C=O) groups excluding carboxylic acids is 3. The van der Waals surface area contributed by atoms with Gasteiger partial charge in [-0.25, -0.2) is 9.78 Å². The van der Waals surface area contributed by atoms with Crippen LogP contribution in [0.15, 0.2) is 67.1 Å². The fourth-order valence-electron chi connectivity index (χ4n) is 4.38. The number of aliphatic carboxylic acids is 1. The Hall–Kier alpha value is -4.71. The van der Waals surface area contributed by atoms with Crippen LogP contribution in [0.4, 0.5) is 0 Å². The third kappa shape index (κ3) is 10.0. The second-order valence-corrected chi connectivity index (χ2v) is 10.6. The molecular weight excluding hydrogens is 540 g/mol. The van der Waals surface area contributed by atoms with Gasteiger partial charge in [-0.3, -0.25) is 14.4 Å². The number of hydrogen-bond acceptors (Lipinski definition) is 7. The first-order valence-corrected chi connectivity index (χ1v) is 13.7. The van der Waals surface area contributed by atoms with Crippen LogP contribution in [0, 0.1) is 5.92 Å². The highest BCUT2D eigenvalue weighted by Crippen LogP contribution is 2.13. The first-order valence-electron chi connectivity index (χ1n) is 13.7. The molecule has 0 saturated heterocycles. The van der Waals surface area contributed by atoms with Gasteiger partial charge in [0.1, 0.15) is 23.9 Å². The molecule has 3 aromatic rings. The van der Waals surface area contributed by atoms with Gasteiger partial charge in [0.25, 0.3) is 0 Å². The van der Waals surface area contributed by atoms with Crippen LogP contribution in [0.25, 0.3) is 0 Å². The highest BCUT2D eigenvalue weighted by Gasteiger charge is 2.31. The Balaban J connectivity index is 1.75. The number of amides is 3. The van der Waals surface area contributed by atoms with Gasteiger partial charge in [-0.05, 0) is 35.6 Å². The normalized spacial score (nSPS) is 13.9. The minimum Gasteiger partial charge on any atom is -0.508 e. The van der Waals surface area contributed by atoms with Crippen LogP contribution < -0.4 is 21.7 Å². The van der Waals surface area contributed by atoms with Crippen LogP contribution in [0.3, 0.4) is 0 Å². The third-order valence-electron chi connectivity index (χ3n) is 6.58. The van der Waals surface area contributed by atoms with E-state index in [2.05, 4.69) is 25.9 Å². The molecule has 0 radical (unpaired) electrons. The van der Waals surface area contributed by atoms with E-state index < -0.39 is 47.9 Å². The zero-order valence-electron chi connectivity index (χ0n) is 23.6. The Bertz CT molecular complexity index is 1310. The Labute approximate surface area is 244 Å². The van der Waals surface area contributed by atoms with Crippen molar-refractivity contribution in [3.63, 3.8) is 0 Å². The summed E-state index contributed by atoms with van der Waals surface area (Å²) >= 11 is 0. The summed E-state index contributed by atoms with van der Waals surface area (Å²) < 4.78 is 0. The highest BCUT2D eigenvalue weighted by atomic mass is 16.4. The second-order valence-electron chi connectivity index (χ2n) is 10.6. The average Bonchev–Trinajstić information content (AvgIpc) is 3.46. The first-order chi connectivity index (χ1) is 20.0. The number of phenols is 1. The van der Waals surface area contributed by atoms with Gasteiger partial charge in [0, 0.05) is 31.2 Å². The lowest BCUT2D eigenvalue weighted by atomic mass is 9.99. The number of aromatic amines is 1. The predicted octanol–water partition coefficient (Wildman–Crippen LogP) is 1.06. The number of aromatic nitrogens is 2. The molecule has 12 heteroatoms. The number of nitrogens with zero attached hydrogens (tertiary/aromatic N) is 1. The summed E-state index contributed by atoms with van der Waals surface area (Å²) in [6.45, 7) is 3.74. The molecule has 0 saturated carbocycles. The minimum atomic E-state index is -1.27. The van der Waals surface area contributed by atoms with Crippen LogP contribution in [-0.2, 0) is 38.4 Å². The van der Waals surface area contributed by atoms with Gasteiger partial charge in [-0.15, -0.1) is 0 Å². The number of nitrogens with two attached hydrogens (primary N) is 1. The number of carboxylic acids is 1. The topological polar surface area (TPSA) is 200 Å². The summed E-state index contributed by atoms with van der Waals surface area (Å²) in [7, 11) is 0. The zero-order chi connectivity index (χ0) is 30.6. The number of hydrogen-bond donors (Lipinski definition) is 7. The molecule has 0 spiro atoms. The van der Waals surface area contributed by atoms with E-state index in [0.717, 1.165) is 5.56 Å². The summed E-state index contributed by atoms with van der Waals surface area (Å²) in [5.74, 6) is -3.05. The van der Waals surface area contributed by atoms with Gasteiger partial charge in [0.05, 0.1) is 12.4 Å². The van der Waals surface area contributed by atoms with Crippen molar-refractivity contribution in [3.05, 3.63) is 83.9 Å². The van der Waals surface area contributed by atoms with Crippen LogP contribution in [0.5, 0.6) is 5.75 Å². The molecule has 0 aliphatic rings. The molecule has 1 heterocycles. The standard InChI is InChI=1S/C30H38N6O6/c1-18(2)12-24(28(39)36-26(30(41)42)14-20-8-10-22(37)11-9-20)35-29(40)25(13-19-6-4-3-5-7-19)34-27(38)23(31)15-21-16-32-17-33-21/h3-11,16-18,23-26,37H,12-15,31H2,1-2H3,(H,32,33)(H,34,38)(H,35,40)(H,36,39)(H,41,42). The number of imidazole rings is 1. The predicted molar refractivity (Wildman–Crippen MR) is 155 cm³/mol. The third-order valence-corrected chi connectivity index (χ3v) is 6.58. The van der Waals surface area contributed by atoms with Crippen LogP contribution in [0.2, 0.25) is 0 Å². The molecule has 0 bridgehead atoms. The highest BCUT2D eigenvalue weighted by molar-refractivity contribution is 5.94. The molecule has 3 rings (SSSR count). The van der Waals surface area contributed by atoms with Gasteiger partial charge in [-0.1, -0.05) is 56.3 Å². The van der Waals surface area contributed by atoms with Gasteiger partial charge in [0.15, 0.2) is 0 Å². The summed E-state index contributed by atoms with van der Waals surface area (Å²) in [5.41, 5.74) is 8.14. The average molecular weight is 579 g/mol. The maximum absolute atomic E-state index is 13.6. The Morgan fingerprint density at radius 1 is 0.810 bits per heavy atom. The van der Waals surface area contributed by atoms with E-state index >= 15 is 0 Å². The van der Waals surface area contributed by atoms with Crippen LogP contribution >= 0.6 is 0 Å². The van der Waals surface area contributed by atoms with Crippen molar-refractivity contribution in [1.82, 2.24) is 25.9 Å². The summed E-state index contributed by atoms with van der Waals surface area (Å²) in [6, 6.07) is 10.7. The van der Waals surface area contributed by atoms with Crippen LogP contribution in [0.1, 0.15) is 37.1 Å². The van der Waals surface area contributed by atoms with Gasteiger partial charge in [0.2, 0.25) is 17.7 Å². The van der Waals surface area contributed by atoms with Crippen molar-refractivity contribution in [1.29, 1.82) is 0 Å². The lowest BCUT2D eigenvalue weighted by Crippen LogP contribution is -2.58. The zero-order valence-corrected chi connectivity index (χ0v) is 23.6. The molecule has 42 heavy (non-hydrogen) atoms. The fourth-order valence-corrected chi connectivity index (χ4v) is 4.38. The van der Waals surface area contributed by atoms with Crippen molar-refractivity contribution in [3.8, 4) is 5.75 Å². The van der Waals surface area contributed by atoms with E-state index in [-0.39, 0.29) is 37.4 Å². The second kappa shape index (κ2) is 15.3. The first kappa shape index (κ1) is 31.8. The van der Waals surface area contributed by atoms with Crippen molar-refractivity contribution < 1.29 is 29.4 Å². The summed E-state index contributed by atoms with van der Waals surface area (Å²) in [6.07, 6.45) is 3.57. The van der Waals surface area contributed by atoms with E-state index in [0.29, 0.717) is 11.3 Å². The van der Waals surface area contributed by atoms with E-state index in [1.807, 2.05) is 44.2 Å². The molecule has 224 valence electrons. The minimum absolute atomic E-state index is 0.0218. The largest absolute Gasteiger partial charge is 0.508 e. The number of nitrogens with one attached hydrogen (secondary N) is 4. The van der Waals surface area contributed by atoms with E-state index in [4.69, 9.17) is 5.73 Å². The maximum Gasteiger partial charge on any atom is 0.326 e.